The summed E-state index contributed by atoms with van der Waals surface area (Å²) in [5.74, 6) is 1.99. The van der Waals surface area contributed by atoms with E-state index in [2.05, 4.69) is 32.2 Å². The van der Waals surface area contributed by atoms with Crippen LogP contribution in [0.2, 0.25) is 0 Å². The van der Waals surface area contributed by atoms with Crippen molar-refractivity contribution in [2.24, 2.45) is 0 Å². The van der Waals surface area contributed by atoms with Gasteiger partial charge in [-0.15, -0.1) is 10.2 Å². The SMILES string of the molecule is CCn1c(COc2cc(C)ccc2C)nnc1SCC(=O)c1ccc(Br)cc1. The summed E-state index contributed by atoms with van der Waals surface area (Å²) in [4.78, 5) is 12.4. The average molecular weight is 460 g/mol. The quantitative estimate of drug-likeness (QED) is 0.340. The van der Waals surface area contributed by atoms with Gasteiger partial charge in [0.25, 0.3) is 0 Å². The molecule has 0 radical (unpaired) electrons. The Labute approximate surface area is 177 Å². The monoisotopic (exact) mass is 459 g/mol. The predicted octanol–water partition coefficient (Wildman–Crippen LogP) is 5.23. The highest BCUT2D eigenvalue weighted by molar-refractivity contribution is 9.10. The molecule has 0 aliphatic rings. The van der Waals surface area contributed by atoms with Crippen molar-refractivity contribution >= 4 is 33.5 Å². The topological polar surface area (TPSA) is 57.0 Å². The number of benzene rings is 2. The highest BCUT2D eigenvalue weighted by atomic mass is 79.9. The van der Waals surface area contributed by atoms with Crippen LogP contribution in [0.5, 0.6) is 5.75 Å². The van der Waals surface area contributed by atoms with Crippen LogP contribution in [0.3, 0.4) is 0 Å². The number of aryl methyl sites for hydroxylation is 2. The van der Waals surface area contributed by atoms with Crippen molar-refractivity contribution in [3.05, 3.63) is 69.5 Å². The van der Waals surface area contributed by atoms with Crippen LogP contribution in [0.15, 0.2) is 52.1 Å². The van der Waals surface area contributed by atoms with Gasteiger partial charge in [-0.05, 0) is 50.1 Å². The normalized spacial score (nSPS) is 10.9. The maximum absolute atomic E-state index is 12.4. The minimum atomic E-state index is 0.0661. The molecule has 0 amide bonds. The van der Waals surface area contributed by atoms with E-state index in [1.807, 2.05) is 61.7 Å². The van der Waals surface area contributed by atoms with E-state index in [1.165, 1.54) is 11.8 Å². The van der Waals surface area contributed by atoms with Gasteiger partial charge in [-0.25, -0.2) is 0 Å². The fourth-order valence-electron chi connectivity index (χ4n) is 2.70. The van der Waals surface area contributed by atoms with Crippen LogP contribution in [-0.2, 0) is 13.2 Å². The van der Waals surface area contributed by atoms with Gasteiger partial charge in [0.1, 0.15) is 12.4 Å². The molecule has 0 saturated carbocycles. The molecule has 28 heavy (non-hydrogen) atoms. The van der Waals surface area contributed by atoms with E-state index >= 15 is 0 Å². The average Bonchev–Trinajstić information content (AvgIpc) is 3.09. The van der Waals surface area contributed by atoms with Crippen molar-refractivity contribution in [2.45, 2.75) is 39.1 Å². The lowest BCUT2D eigenvalue weighted by atomic mass is 10.1. The summed E-state index contributed by atoms with van der Waals surface area (Å²) >= 11 is 4.78. The molecule has 1 aromatic heterocycles. The summed E-state index contributed by atoms with van der Waals surface area (Å²) in [6.45, 7) is 7.15. The zero-order chi connectivity index (χ0) is 20.1. The molecule has 7 heteroatoms. The fourth-order valence-corrected chi connectivity index (χ4v) is 3.88. The summed E-state index contributed by atoms with van der Waals surface area (Å²) in [6, 6.07) is 13.5. The molecule has 0 saturated heterocycles. The Balaban J connectivity index is 1.65. The summed E-state index contributed by atoms with van der Waals surface area (Å²) in [6.07, 6.45) is 0. The van der Waals surface area contributed by atoms with Gasteiger partial charge in [-0.2, -0.15) is 0 Å². The highest BCUT2D eigenvalue weighted by Crippen LogP contribution is 2.23. The number of hydrogen-bond donors (Lipinski definition) is 0. The molecule has 0 atom stereocenters. The van der Waals surface area contributed by atoms with Crippen LogP contribution >= 0.6 is 27.7 Å². The van der Waals surface area contributed by atoms with Crippen molar-refractivity contribution in [2.75, 3.05) is 5.75 Å². The van der Waals surface area contributed by atoms with Gasteiger partial charge in [0.15, 0.2) is 16.8 Å². The van der Waals surface area contributed by atoms with E-state index in [0.717, 1.165) is 32.3 Å². The molecule has 0 unspecified atom stereocenters. The molecule has 0 aliphatic heterocycles. The smallest absolute Gasteiger partial charge is 0.191 e. The number of hydrogen-bond acceptors (Lipinski definition) is 5. The first-order valence-corrected chi connectivity index (χ1v) is 10.8. The number of halogens is 1. The summed E-state index contributed by atoms with van der Waals surface area (Å²) in [7, 11) is 0. The summed E-state index contributed by atoms with van der Waals surface area (Å²) in [5, 5.41) is 9.25. The standard InChI is InChI=1S/C21H22BrN3O2S/c1-4-25-20(12-27-19-11-14(2)5-6-15(19)3)23-24-21(25)28-13-18(26)16-7-9-17(22)10-8-16/h5-11H,4,12-13H2,1-3H3. The lowest BCUT2D eigenvalue weighted by Crippen LogP contribution is -2.09. The molecule has 146 valence electrons. The van der Waals surface area contributed by atoms with Gasteiger partial charge < -0.3 is 9.30 Å². The zero-order valence-corrected chi connectivity index (χ0v) is 18.5. The first kappa shape index (κ1) is 20.6. The largest absolute Gasteiger partial charge is 0.485 e. The number of carbonyl (C=O) groups excluding carboxylic acids is 1. The first-order valence-electron chi connectivity index (χ1n) is 9.01. The number of thioether (sulfide) groups is 1. The first-order chi connectivity index (χ1) is 13.5. The lowest BCUT2D eigenvalue weighted by molar-refractivity contribution is 0.102. The molecular weight excluding hydrogens is 438 g/mol. The van der Waals surface area contributed by atoms with E-state index < -0.39 is 0 Å². The van der Waals surface area contributed by atoms with Gasteiger partial charge in [0.05, 0.1) is 5.75 Å². The van der Waals surface area contributed by atoms with Crippen LogP contribution in [0, 0.1) is 13.8 Å². The molecule has 2 aromatic carbocycles. The van der Waals surface area contributed by atoms with E-state index in [1.54, 1.807) is 0 Å². The molecule has 3 aromatic rings. The zero-order valence-electron chi connectivity index (χ0n) is 16.1. The van der Waals surface area contributed by atoms with Crippen LogP contribution in [0.4, 0.5) is 0 Å². The molecule has 0 spiro atoms. The van der Waals surface area contributed by atoms with Crippen molar-refractivity contribution in [3.8, 4) is 5.75 Å². The number of ketones is 1. The molecule has 0 aliphatic carbocycles. The van der Waals surface area contributed by atoms with Gasteiger partial charge in [-0.3, -0.25) is 4.79 Å². The molecule has 0 fully saturated rings. The Bertz CT molecular complexity index is 970. The molecule has 0 N–H and O–H groups in total. The number of aromatic nitrogens is 3. The third-order valence-electron chi connectivity index (χ3n) is 4.31. The second kappa shape index (κ2) is 9.39. The predicted molar refractivity (Wildman–Crippen MR) is 115 cm³/mol. The number of nitrogens with zero attached hydrogens (tertiary/aromatic N) is 3. The highest BCUT2D eigenvalue weighted by Gasteiger charge is 2.15. The maximum atomic E-state index is 12.4. The number of carbonyl (C=O) groups is 1. The minimum absolute atomic E-state index is 0.0661. The second-order valence-corrected chi connectivity index (χ2v) is 8.28. The molecule has 3 rings (SSSR count). The molecular formula is C21H22BrN3O2S. The third kappa shape index (κ3) is 5.02. The maximum Gasteiger partial charge on any atom is 0.191 e. The van der Waals surface area contributed by atoms with Crippen molar-refractivity contribution in [1.29, 1.82) is 0 Å². The van der Waals surface area contributed by atoms with Crippen LogP contribution in [0.1, 0.15) is 34.2 Å². The van der Waals surface area contributed by atoms with Crippen LogP contribution < -0.4 is 4.74 Å². The number of rotatable bonds is 8. The summed E-state index contributed by atoms with van der Waals surface area (Å²) in [5.41, 5.74) is 2.93. The van der Waals surface area contributed by atoms with Gasteiger partial charge in [-0.1, -0.05) is 52.0 Å². The second-order valence-electron chi connectivity index (χ2n) is 6.42. The van der Waals surface area contributed by atoms with E-state index in [9.17, 15) is 4.79 Å². The van der Waals surface area contributed by atoms with E-state index in [-0.39, 0.29) is 5.78 Å². The number of Topliss-reactive ketones (excluding diaryl/α,β-unsaturated/α-hetero) is 1. The Kier molecular flexibility index (Phi) is 6.91. The fraction of sp³-hybridized carbons (Fsp3) is 0.286. The Morgan fingerprint density at radius 3 is 2.61 bits per heavy atom. The third-order valence-corrected chi connectivity index (χ3v) is 5.80. The molecule has 1 heterocycles. The molecule has 5 nitrogen and oxygen atoms in total. The van der Waals surface area contributed by atoms with E-state index in [0.29, 0.717) is 24.5 Å². The Morgan fingerprint density at radius 2 is 1.89 bits per heavy atom. The molecule has 0 bridgehead atoms. The van der Waals surface area contributed by atoms with Crippen LogP contribution in [-0.4, -0.2) is 26.3 Å². The van der Waals surface area contributed by atoms with Gasteiger partial charge in [0.2, 0.25) is 0 Å². The van der Waals surface area contributed by atoms with Gasteiger partial charge >= 0.3 is 0 Å². The van der Waals surface area contributed by atoms with Crippen molar-refractivity contribution in [1.82, 2.24) is 14.8 Å². The summed E-state index contributed by atoms with van der Waals surface area (Å²) < 4.78 is 8.91. The Hall–Kier alpha value is -2.12. The minimum Gasteiger partial charge on any atom is -0.485 e. The van der Waals surface area contributed by atoms with Crippen molar-refractivity contribution in [3.63, 3.8) is 0 Å². The Morgan fingerprint density at radius 1 is 1.14 bits per heavy atom. The van der Waals surface area contributed by atoms with Crippen molar-refractivity contribution < 1.29 is 9.53 Å². The van der Waals surface area contributed by atoms with Gasteiger partial charge in [0, 0.05) is 16.6 Å². The van der Waals surface area contributed by atoms with Crippen LogP contribution in [0.25, 0.3) is 0 Å². The number of ether oxygens (including phenoxy) is 1. The van der Waals surface area contributed by atoms with E-state index in [4.69, 9.17) is 4.74 Å². The lowest BCUT2D eigenvalue weighted by Gasteiger charge is -2.11.